The Morgan fingerprint density at radius 2 is 1.77 bits per heavy atom. The number of unbranched alkanes of at least 4 members (excludes halogenated alkanes) is 5. The van der Waals surface area contributed by atoms with Crippen LogP contribution in [0, 0.1) is 10.1 Å². The molecule has 0 aliphatic carbocycles. The monoisotopic (exact) mass is 460 g/mol. The molecule has 1 fully saturated rings. The zero-order chi connectivity index (χ0) is 23.0. The van der Waals surface area contributed by atoms with Gasteiger partial charge < -0.3 is 31.5 Å². The number of likely N-dealkylation sites (tertiary alicyclic amines) is 1. The average Bonchev–Trinajstić information content (AvgIpc) is 2.73. The second-order valence-electron chi connectivity index (χ2n) is 7.96. The lowest BCUT2D eigenvalue weighted by atomic mass is 9.94. The van der Waals surface area contributed by atoms with Crippen molar-refractivity contribution in [3.8, 4) is 0 Å². The molecule has 1 aromatic rings. The zero-order valence-corrected chi connectivity index (χ0v) is 18.2. The van der Waals surface area contributed by atoms with Crippen LogP contribution >= 0.6 is 11.6 Å². The van der Waals surface area contributed by atoms with Crippen LogP contribution in [0.4, 0.5) is 17.1 Å². The van der Waals surface area contributed by atoms with Crippen LogP contribution in [0.5, 0.6) is 0 Å². The molecule has 0 aromatic heterocycles. The topological polar surface area (TPSA) is 165 Å². The maximum absolute atomic E-state index is 11.2. The van der Waals surface area contributed by atoms with Crippen molar-refractivity contribution < 1.29 is 25.3 Å². The number of β-amino-alcohol motifs (C(OH)–C–C–N with tert-alkyl or cyclic N) is 1. The largest absolute Gasteiger partial charge is 0.397 e. The number of nitrogens with two attached hydrogens (primary N) is 1. The van der Waals surface area contributed by atoms with Gasteiger partial charge >= 0.3 is 5.69 Å². The summed E-state index contributed by atoms with van der Waals surface area (Å²) in [6.07, 6.45) is 2.28. The predicted molar refractivity (Wildman–Crippen MR) is 119 cm³/mol. The van der Waals surface area contributed by atoms with E-state index in [0.717, 1.165) is 38.5 Å². The van der Waals surface area contributed by atoms with Gasteiger partial charge in [0.2, 0.25) is 0 Å². The maximum Gasteiger partial charge on any atom is 0.312 e. The lowest BCUT2D eigenvalue weighted by Crippen LogP contribution is -2.62. The standard InChI is InChI=1S/C20H33ClN4O6/c21-17-13(22)7-8-14(18(17)25(30)31)23-9-5-3-1-2-4-6-10-24-11-16(27)20(29)19(28)15(24)12-26/h7-8,15-16,19-20,23,26-29H,1-6,9-12,22H2. The van der Waals surface area contributed by atoms with E-state index in [1.165, 1.54) is 0 Å². The minimum absolute atomic E-state index is 0.0540. The van der Waals surface area contributed by atoms with Crippen LogP contribution in [0.15, 0.2) is 12.1 Å². The molecule has 7 N–H and O–H groups in total. The molecule has 1 aliphatic heterocycles. The third kappa shape index (κ3) is 6.90. The second kappa shape index (κ2) is 12.4. The highest BCUT2D eigenvalue weighted by Gasteiger charge is 2.40. The molecule has 0 saturated carbocycles. The van der Waals surface area contributed by atoms with E-state index >= 15 is 0 Å². The molecule has 1 heterocycles. The number of nitro groups is 1. The Morgan fingerprint density at radius 3 is 2.42 bits per heavy atom. The average molecular weight is 461 g/mol. The maximum atomic E-state index is 11.2. The summed E-state index contributed by atoms with van der Waals surface area (Å²) < 4.78 is 0. The van der Waals surface area contributed by atoms with E-state index in [1.807, 2.05) is 4.90 Å². The molecule has 0 amide bonds. The fourth-order valence-electron chi connectivity index (χ4n) is 3.91. The Morgan fingerprint density at radius 1 is 1.13 bits per heavy atom. The molecular weight excluding hydrogens is 428 g/mol. The Labute approximate surface area is 186 Å². The lowest BCUT2D eigenvalue weighted by molar-refractivity contribution is -0.383. The van der Waals surface area contributed by atoms with Crippen molar-refractivity contribution in [2.75, 3.05) is 37.3 Å². The molecule has 4 atom stereocenters. The smallest absolute Gasteiger partial charge is 0.312 e. The van der Waals surface area contributed by atoms with Crippen LogP contribution in [-0.4, -0.2) is 80.8 Å². The number of piperidine rings is 1. The van der Waals surface area contributed by atoms with Crippen molar-refractivity contribution in [2.45, 2.75) is 62.9 Å². The van der Waals surface area contributed by atoms with Crippen LogP contribution in [0.3, 0.4) is 0 Å². The van der Waals surface area contributed by atoms with Gasteiger partial charge in [0.1, 0.15) is 22.9 Å². The number of nitrogens with one attached hydrogen (secondary N) is 1. The Hall–Kier alpha value is -1.69. The second-order valence-corrected chi connectivity index (χ2v) is 8.34. The molecule has 10 nitrogen and oxygen atoms in total. The fraction of sp³-hybridized carbons (Fsp3) is 0.700. The molecule has 1 aliphatic rings. The van der Waals surface area contributed by atoms with Gasteiger partial charge in [0, 0.05) is 13.1 Å². The summed E-state index contributed by atoms with van der Waals surface area (Å²) in [6, 6.07) is 2.54. The van der Waals surface area contributed by atoms with E-state index < -0.39 is 29.3 Å². The first-order valence-electron chi connectivity index (χ1n) is 10.6. The number of halogens is 1. The summed E-state index contributed by atoms with van der Waals surface area (Å²) >= 11 is 5.94. The Bertz CT molecular complexity index is 725. The van der Waals surface area contributed by atoms with Gasteiger partial charge in [-0.05, 0) is 31.5 Å². The van der Waals surface area contributed by atoms with Gasteiger partial charge in [-0.3, -0.25) is 15.0 Å². The quantitative estimate of drug-likeness (QED) is 0.117. The van der Waals surface area contributed by atoms with Crippen LogP contribution in [0.2, 0.25) is 5.02 Å². The number of aliphatic hydroxyl groups excluding tert-OH is 4. The van der Waals surface area contributed by atoms with Gasteiger partial charge in [-0.15, -0.1) is 0 Å². The van der Waals surface area contributed by atoms with E-state index in [4.69, 9.17) is 17.3 Å². The Balaban J connectivity index is 1.61. The van der Waals surface area contributed by atoms with Crippen molar-refractivity contribution in [3.63, 3.8) is 0 Å². The number of rotatable bonds is 12. The minimum Gasteiger partial charge on any atom is -0.397 e. The zero-order valence-electron chi connectivity index (χ0n) is 17.5. The van der Waals surface area contributed by atoms with Crippen molar-refractivity contribution >= 4 is 28.7 Å². The third-order valence-electron chi connectivity index (χ3n) is 5.73. The van der Waals surface area contributed by atoms with Crippen LogP contribution in [0.1, 0.15) is 38.5 Å². The van der Waals surface area contributed by atoms with Crippen LogP contribution in [0.25, 0.3) is 0 Å². The van der Waals surface area contributed by atoms with Gasteiger partial charge in [-0.2, -0.15) is 0 Å². The molecule has 11 heteroatoms. The van der Waals surface area contributed by atoms with E-state index in [9.17, 15) is 30.5 Å². The molecule has 0 spiro atoms. The molecule has 1 aromatic carbocycles. The summed E-state index contributed by atoms with van der Waals surface area (Å²) in [6.45, 7) is 1.19. The number of anilines is 2. The summed E-state index contributed by atoms with van der Waals surface area (Å²) in [5.41, 5.74) is 5.96. The van der Waals surface area contributed by atoms with Gasteiger partial charge in [0.25, 0.3) is 0 Å². The summed E-state index contributed by atoms with van der Waals surface area (Å²) in [5.74, 6) is 0. The summed E-state index contributed by atoms with van der Waals surface area (Å²) in [5, 5.41) is 53.2. The highest BCUT2D eigenvalue weighted by molar-refractivity contribution is 6.35. The van der Waals surface area contributed by atoms with Gasteiger partial charge in [-0.25, -0.2) is 0 Å². The highest BCUT2D eigenvalue weighted by Crippen LogP contribution is 2.36. The van der Waals surface area contributed by atoms with Crippen molar-refractivity contribution in [1.29, 1.82) is 0 Å². The normalized spacial score (nSPS) is 24.3. The molecule has 1 saturated heterocycles. The fourth-order valence-corrected chi connectivity index (χ4v) is 4.14. The van der Waals surface area contributed by atoms with Gasteiger partial charge in [0.15, 0.2) is 0 Å². The first kappa shape index (κ1) is 25.6. The summed E-state index contributed by atoms with van der Waals surface area (Å²) in [4.78, 5) is 12.5. The van der Waals surface area contributed by atoms with Crippen LogP contribution < -0.4 is 11.1 Å². The first-order chi connectivity index (χ1) is 14.8. The highest BCUT2D eigenvalue weighted by atomic mass is 35.5. The van der Waals surface area contributed by atoms with Crippen molar-refractivity contribution in [1.82, 2.24) is 4.90 Å². The number of nitro benzene ring substituents is 1. The van der Waals surface area contributed by atoms with Crippen molar-refractivity contribution in [3.05, 3.63) is 27.3 Å². The van der Waals surface area contributed by atoms with E-state index in [0.29, 0.717) is 18.8 Å². The van der Waals surface area contributed by atoms with Gasteiger partial charge in [-0.1, -0.05) is 37.3 Å². The van der Waals surface area contributed by atoms with Crippen LogP contribution in [-0.2, 0) is 0 Å². The summed E-state index contributed by atoms with van der Waals surface area (Å²) in [7, 11) is 0. The van der Waals surface area contributed by atoms with E-state index in [-0.39, 0.29) is 29.5 Å². The SMILES string of the molecule is Nc1ccc(NCCCCCCCCN2CC(O)C(O)C(O)C2CO)c([N+](=O)[O-])c1Cl. The molecule has 0 radical (unpaired) electrons. The van der Waals surface area contributed by atoms with E-state index in [2.05, 4.69) is 5.32 Å². The third-order valence-corrected chi connectivity index (χ3v) is 6.13. The number of aliphatic hydroxyl groups is 4. The molecule has 2 rings (SSSR count). The predicted octanol–water partition coefficient (Wildman–Crippen LogP) is 1.34. The van der Waals surface area contributed by atoms with E-state index in [1.54, 1.807) is 12.1 Å². The van der Waals surface area contributed by atoms with Crippen molar-refractivity contribution in [2.24, 2.45) is 0 Å². The van der Waals surface area contributed by atoms with Gasteiger partial charge in [0.05, 0.1) is 29.4 Å². The minimum atomic E-state index is -1.23. The Kier molecular flexibility index (Phi) is 10.2. The first-order valence-corrected chi connectivity index (χ1v) is 11.0. The number of hydrogen-bond donors (Lipinski definition) is 6. The molecule has 31 heavy (non-hydrogen) atoms. The molecule has 176 valence electrons. The number of nitrogens with zero attached hydrogens (tertiary/aromatic N) is 2. The lowest BCUT2D eigenvalue weighted by Gasteiger charge is -2.43. The molecular formula is C20H33ClN4O6. The molecule has 4 unspecified atom stereocenters. The molecule has 0 bridgehead atoms. The number of benzene rings is 1. The number of hydrogen-bond acceptors (Lipinski definition) is 9. The number of nitrogen functional groups attached to an aromatic ring is 1.